The van der Waals surface area contributed by atoms with Crippen LogP contribution in [0.5, 0.6) is 11.5 Å². The van der Waals surface area contributed by atoms with Crippen LogP contribution in [0.3, 0.4) is 0 Å². The number of nitrogens with zero attached hydrogens (tertiary/aromatic N) is 1. The molecule has 1 N–H and O–H groups in total. The molecule has 1 aliphatic heterocycles. The number of ether oxygens (including phenoxy) is 2. The van der Waals surface area contributed by atoms with Crippen LogP contribution in [-0.2, 0) is 16.0 Å². The van der Waals surface area contributed by atoms with Gasteiger partial charge in [-0.3, -0.25) is 19.3 Å². The second-order valence-corrected chi connectivity index (χ2v) is 9.22. The fourth-order valence-electron chi connectivity index (χ4n) is 3.17. The number of thioether (sulfide) groups is 1. The molecular formula is C24H25IN2O5S. The van der Waals surface area contributed by atoms with Gasteiger partial charge in [0.05, 0.1) is 21.7 Å². The second kappa shape index (κ2) is 11.6. The minimum absolute atomic E-state index is 0.252. The number of hydrogen-bond acceptors (Lipinski definition) is 6. The van der Waals surface area contributed by atoms with Crippen molar-refractivity contribution in [1.29, 1.82) is 0 Å². The van der Waals surface area contributed by atoms with Gasteiger partial charge < -0.3 is 14.8 Å². The number of halogens is 1. The normalized spacial score (nSPS) is 14.7. The molecule has 7 nitrogen and oxygen atoms in total. The van der Waals surface area contributed by atoms with E-state index in [0.29, 0.717) is 36.0 Å². The van der Waals surface area contributed by atoms with E-state index < -0.39 is 17.1 Å². The molecule has 1 aliphatic rings. The third-order valence-corrected chi connectivity index (χ3v) is 6.45. The van der Waals surface area contributed by atoms with Crippen LogP contribution in [0.2, 0.25) is 0 Å². The first-order valence-electron chi connectivity index (χ1n) is 10.6. The summed E-state index contributed by atoms with van der Waals surface area (Å²) in [4.78, 5) is 38.9. The highest BCUT2D eigenvalue weighted by Crippen LogP contribution is 2.37. The van der Waals surface area contributed by atoms with Crippen molar-refractivity contribution in [1.82, 2.24) is 4.90 Å². The minimum atomic E-state index is -0.497. The molecule has 3 rings (SSSR count). The molecule has 1 fully saturated rings. The number of imide groups is 1. The third kappa shape index (κ3) is 6.29. The Balaban J connectivity index is 1.74. The Morgan fingerprint density at radius 1 is 1.09 bits per heavy atom. The molecule has 174 valence electrons. The van der Waals surface area contributed by atoms with E-state index in [2.05, 4.69) is 27.9 Å². The minimum Gasteiger partial charge on any atom is -0.490 e. The largest absolute Gasteiger partial charge is 0.490 e. The molecule has 2 aromatic rings. The van der Waals surface area contributed by atoms with Crippen LogP contribution in [-0.4, -0.2) is 41.7 Å². The molecule has 1 saturated heterocycles. The van der Waals surface area contributed by atoms with Gasteiger partial charge in [-0.25, -0.2) is 0 Å². The first-order chi connectivity index (χ1) is 15.9. The topological polar surface area (TPSA) is 84.9 Å². The Kier molecular flexibility index (Phi) is 8.79. The molecular weight excluding hydrogens is 555 g/mol. The van der Waals surface area contributed by atoms with E-state index in [-0.39, 0.29) is 11.4 Å². The Hall–Kier alpha value is -2.53. The monoisotopic (exact) mass is 580 g/mol. The van der Waals surface area contributed by atoms with E-state index in [0.717, 1.165) is 32.2 Å². The van der Waals surface area contributed by atoms with Gasteiger partial charge >= 0.3 is 0 Å². The van der Waals surface area contributed by atoms with Crippen LogP contribution < -0.4 is 14.8 Å². The zero-order chi connectivity index (χ0) is 24.0. The lowest BCUT2D eigenvalue weighted by Crippen LogP contribution is -2.36. The van der Waals surface area contributed by atoms with Gasteiger partial charge in [0.2, 0.25) is 5.91 Å². The SMILES string of the molecule is CCOc1cc(/C=C2/SC(=O)N(CC(=O)Nc3ccc(CC)cc3)C2=O)cc(I)c1OCC. The van der Waals surface area contributed by atoms with Gasteiger partial charge in [-0.1, -0.05) is 19.1 Å². The predicted octanol–water partition coefficient (Wildman–Crippen LogP) is 5.33. The lowest BCUT2D eigenvalue weighted by atomic mass is 10.1. The summed E-state index contributed by atoms with van der Waals surface area (Å²) >= 11 is 2.96. The van der Waals surface area contributed by atoms with Crippen LogP contribution in [0.25, 0.3) is 6.08 Å². The number of benzene rings is 2. The number of carbonyl (C=O) groups excluding carboxylic acids is 3. The van der Waals surface area contributed by atoms with Crippen molar-refractivity contribution in [3.8, 4) is 11.5 Å². The summed E-state index contributed by atoms with van der Waals surface area (Å²) in [5.41, 5.74) is 2.48. The molecule has 0 atom stereocenters. The van der Waals surface area contributed by atoms with Gasteiger partial charge in [-0.05, 0) is 96.1 Å². The summed E-state index contributed by atoms with van der Waals surface area (Å²) in [5, 5.41) is 2.25. The standard InChI is InChI=1S/C24H25IN2O5S/c1-4-15-7-9-17(10-8-15)26-21(28)14-27-23(29)20(33-24(27)30)13-16-11-18(25)22(32-6-3)19(12-16)31-5-2/h7-13H,4-6,14H2,1-3H3,(H,26,28)/b20-13+. The maximum atomic E-state index is 12.8. The van der Waals surface area contributed by atoms with Crippen LogP contribution in [0.4, 0.5) is 10.5 Å². The molecule has 0 spiro atoms. The Bertz CT molecular complexity index is 1090. The van der Waals surface area contributed by atoms with Crippen LogP contribution >= 0.6 is 34.4 Å². The quantitative estimate of drug-likeness (QED) is 0.319. The predicted molar refractivity (Wildman–Crippen MR) is 139 cm³/mol. The van der Waals surface area contributed by atoms with E-state index in [1.807, 2.05) is 39.0 Å². The molecule has 2 aromatic carbocycles. The molecule has 0 aliphatic carbocycles. The molecule has 33 heavy (non-hydrogen) atoms. The summed E-state index contributed by atoms with van der Waals surface area (Å²) < 4.78 is 12.2. The molecule has 0 aromatic heterocycles. The summed E-state index contributed by atoms with van der Waals surface area (Å²) in [6.07, 6.45) is 2.53. The Morgan fingerprint density at radius 3 is 2.42 bits per heavy atom. The fourth-order valence-corrected chi connectivity index (χ4v) is 4.79. The van der Waals surface area contributed by atoms with Crippen molar-refractivity contribution in [2.24, 2.45) is 0 Å². The smallest absolute Gasteiger partial charge is 0.294 e. The Labute approximate surface area is 211 Å². The molecule has 0 unspecified atom stereocenters. The van der Waals surface area contributed by atoms with E-state index >= 15 is 0 Å². The van der Waals surface area contributed by atoms with Crippen molar-refractivity contribution >= 4 is 63.2 Å². The van der Waals surface area contributed by atoms with Gasteiger partial charge in [0.25, 0.3) is 11.1 Å². The zero-order valence-electron chi connectivity index (χ0n) is 18.6. The number of amides is 3. The number of hydrogen-bond donors (Lipinski definition) is 1. The second-order valence-electron chi connectivity index (χ2n) is 7.06. The number of anilines is 1. The first-order valence-corrected chi connectivity index (χ1v) is 12.5. The highest BCUT2D eigenvalue weighted by molar-refractivity contribution is 14.1. The third-order valence-electron chi connectivity index (χ3n) is 4.74. The summed E-state index contributed by atoms with van der Waals surface area (Å²) in [6, 6.07) is 11.1. The molecule has 1 heterocycles. The van der Waals surface area contributed by atoms with Gasteiger partial charge in [0.15, 0.2) is 11.5 Å². The highest BCUT2D eigenvalue weighted by atomic mass is 127. The number of aryl methyl sites for hydroxylation is 1. The molecule has 0 bridgehead atoms. The summed E-state index contributed by atoms with van der Waals surface area (Å²) in [5.74, 6) is 0.291. The van der Waals surface area contributed by atoms with Crippen molar-refractivity contribution in [3.63, 3.8) is 0 Å². The molecule has 9 heteroatoms. The van der Waals surface area contributed by atoms with Gasteiger partial charge in [0, 0.05) is 5.69 Å². The lowest BCUT2D eigenvalue weighted by Gasteiger charge is -2.14. The average molecular weight is 580 g/mol. The zero-order valence-corrected chi connectivity index (χ0v) is 21.6. The van der Waals surface area contributed by atoms with Crippen molar-refractivity contribution in [3.05, 3.63) is 56.0 Å². The Morgan fingerprint density at radius 2 is 1.79 bits per heavy atom. The lowest BCUT2D eigenvalue weighted by molar-refractivity contribution is -0.127. The highest BCUT2D eigenvalue weighted by Gasteiger charge is 2.36. The van der Waals surface area contributed by atoms with Crippen molar-refractivity contribution in [2.45, 2.75) is 27.2 Å². The van der Waals surface area contributed by atoms with Gasteiger partial charge in [-0.2, -0.15) is 0 Å². The number of rotatable bonds is 9. The number of carbonyl (C=O) groups is 3. The van der Waals surface area contributed by atoms with E-state index in [9.17, 15) is 14.4 Å². The summed E-state index contributed by atoms with van der Waals surface area (Å²) in [7, 11) is 0. The van der Waals surface area contributed by atoms with E-state index in [1.165, 1.54) is 0 Å². The van der Waals surface area contributed by atoms with E-state index in [4.69, 9.17) is 9.47 Å². The molecule has 0 saturated carbocycles. The van der Waals surface area contributed by atoms with Gasteiger partial charge in [0.1, 0.15) is 6.54 Å². The maximum Gasteiger partial charge on any atom is 0.294 e. The van der Waals surface area contributed by atoms with Gasteiger partial charge in [-0.15, -0.1) is 0 Å². The number of nitrogens with one attached hydrogen (secondary N) is 1. The van der Waals surface area contributed by atoms with Crippen LogP contribution in [0, 0.1) is 3.57 Å². The maximum absolute atomic E-state index is 12.8. The van der Waals surface area contributed by atoms with Crippen LogP contribution in [0.1, 0.15) is 31.9 Å². The van der Waals surface area contributed by atoms with Crippen molar-refractivity contribution in [2.75, 3.05) is 25.1 Å². The summed E-state index contributed by atoms with van der Waals surface area (Å²) in [6.45, 7) is 6.44. The fraction of sp³-hybridized carbons (Fsp3) is 0.292. The van der Waals surface area contributed by atoms with Crippen LogP contribution in [0.15, 0.2) is 41.3 Å². The van der Waals surface area contributed by atoms with E-state index in [1.54, 1.807) is 24.3 Å². The first kappa shape index (κ1) is 25.1. The van der Waals surface area contributed by atoms with Crippen molar-refractivity contribution < 1.29 is 23.9 Å². The molecule has 3 amide bonds. The average Bonchev–Trinajstić information content (AvgIpc) is 3.04. The molecule has 0 radical (unpaired) electrons.